The van der Waals surface area contributed by atoms with E-state index in [9.17, 15) is 4.79 Å². The number of nitrogen functional groups attached to an aromatic ring is 1. The molecule has 0 bridgehead atoms. The van der Waals surface area contributed by atoms with Crippen LogP contribution in [0, 0.1) is 5.41 Å². The third-order valence-electron chi connectivity index (χ3n) is 2.28. The third-order valence-corrected chi connectivity index (χ3v) is 2.28. The minimum Gasteiger partial charge on any atom is -0.496 e. The molecular weight excluding hydrogens is 216 g/mol. The molecule has 0 aliphatic carbocycles. The Bertz CT molecular complexity index is 408. The lowest BCUT2D eigenvalue weighted by Gasteiger charge is -2.19. The van der Waals surface area contributed by atoms with Crippen molar-refractivity contribution in [2.75, 3.05) is 19.4 Å². The molecule has 0 aliphatic heterocycles. The van der Waals surface area contributed by atoms with Crippen molar-refractivity contribution < 1.29 is 9.53 Å². The van der Waals surface area contributed by atoms with E-state index in [1.54, 1.807) is 18.2 Å². The first-order valence-electron chi connectivity index (χ1n) is 5.56. The number of carbonyl (C=O) groups excluding carboxylic acids is 1. The van der Waals surface area contributed by atoms with E-state index in [0.717, 1.165) is 0 Å². The smallest absolute Gasteiger partial charge is 0.257 e. The fraction of sp³-hybridized carbons (Fsp3) is 0.462. The molecule has 0 heterocycles. The molecule has 4 heteroatoms. The molecule has 4 nitrogen and oxygen atoms in total. The van der Waals surface area contributed by atoms with Crippen molar-refractivity contribution in [2.45, 2.75) is 20.8 Å². The molecule has 0 saturated heterocycles. The van der Waals surface area contributed by atoms with Gasteiger partial charge in [-0.3, -0.25) is 4.79 Å². The van der Waals surface area contributed by atoms with Crippen molar-refractivity contribution in [3.05, 3.63) is 23.8 Å². The van der Waals surface area contributed by atoms with Crippen LogP contribution >= 0.6 is 0 Å². The van der Waals surface area contributed by atoms with Crippen molar-refractivity contribution in [1.29, 1.82) is 0 Å². The standard InChI is InChI=1S/C13H20N2O2/c1-13(2,3)8-15-12(16)11-9(14)6-5-7-10(11)17-4/h5-7H,8,14H2,1-4H3,(H,15,16). The number of nitrogens with two attached hydrogens (primary N) is 1. The number of nitrogens with one attached hydrogen (secondary N) is 1. The Morgan fingerprint density at radius 3 is 2.59 bits per heavy atom. The quantitative estimate of drug-likeness (QED) is 0.789. The molecule has 0 fully saturated rings. The van der Waals surface area contributed by atoms with Crippen molar-refractivity contribution in [2.24, 2.45) is 5.41 Å². The second-order valence-corrected chi connectivity index (χ2v) is 5.17. The van der Waals surface area contributed by atoms with Crippen LogP contribution in [0.3, 0.4) is 0 Å². The van der Waals surface area contributed by atoms with Gasteiger partial charge in [-0.1, -0.05) is 26.8 Å². The lowest BCUT2D eigenvalue weighted by Crippen LogP contribution is -2.32. The highest BCUT2D eigenvalue weighted by Crippen LogP contribution is 2.24. The lowest BCUT2D eigenvalue weighted by molar-refractivity contribution is 0.0937. The van der Waals surface area contributed by atoms with Crippen molar-refractivity contribution in [3.63, 3.8) is 0 Å². The average Bonchev–Trinajstić information content (AvgIpc) is 2.24. The molecule has 0 aromatic heterocycles. The minimum atomic E-state index is -0.199. The molecule has 1 rings (SSSR count). The normalized spacial score (nSPS) is 11.1. The van der Waals surface area contributed by atoms with Crippen molar-refractivity contribution >= 4 is 11.6 Å². The van der Waals surface area contributed by atoms with Gasteiger partial charge in [0.25, 0.3) is 5.91 Å². The SMILES string of the molecule is COc1cccc(N)c1C(=O)NCC(C)(C)C. The molecule has 17 heavy (non-hydrogen) atoms. The summed E-state index contributed by atoms with van der Waals surface area (Å²) in [6, 6.07) is 5.17. The molecule has 0 unspecified atom stereocenters. The summed E-state index contributed by atoms with van der Waals surface area (Å²) in [5, 5.41) is 2.86. The molecule has 0 saturated carbocycles. The van der Waals surface area contributed by atoms with Crippen LogP contribution < -0.4 is 15.8 Å². The summed E-state index contributed by atoms with van der Waals surface area (Å²) >= 11 is 0. The van der Waals surface area contributed by atoms with Crippen LogP contribution in [0.1, 0.15) is 31.1 Å². The molecule has 3 N–H and O–H groups in total. The first-order chi connectivity index (χ1) is 7.85. The van der Waals surface area contributed by atoms with Gasteiger partial charge in [-0.15, -0.1) is 0 Å². The monoisotopic (exact) mass is 236 g/mol. The zero-order valence-electron chi connectivity index (χ0n) is 10.8. The van der Waals surface area contributed by atoms with Gasteiger partial charge < -0.3 is 15.8 Å². The van der Waals surface area contributed by atoms with Crippen LogP contribution in [0.2, 0.25) is 0 Å². The van der Waals surface area contributed by atoms with E-state index in [4.69, 9.17) is 10.5 Å². The highest BCUT2D eigenvalue weighted by atomic mass is 16.5. The van der Waals surface area contributed by atoms with E-state index in [2.05, 4.69) is 26.1 Å². The predicted octanol–water partition coefficient (Wildman–Crippen LogP) is 2.05. The molecule has 0 spiro atoms. The van der Waals surface area contributed by atoms with Gasteiger partial charge in [0.05, 0.1) is 7.11 Å². The number of hydrogen-bond acceptors (Lipinski definition) is 3. The van der Waals surface area contributed by atoms with Crippen LogP contribution in [-0.4, -0.2) is 19.6 Å². The summed E-state index contributed by atoms with van der Waals surface area (Å²) in [5.41, 5.74) is 6.66. The van der Waals surface area contributed by atoms with Gasteiger partial charge >= 0.3 is 0 Å². The number of benzene rings is 1. The largest absolute Gasteiger partial charge is 0.496 e. The Labute approximate surface area is 102 Å². The maximum Gasteiger partial charge on any atom is 0.257 e. The Kier molecular flexibility index (Phi) is 3.99. The molecule has 94 valence electrons. The van der Waals surface area contributed by atoms with E-state index in [1.165, 1.54) is 7.11 Å². The fourth-order valence-electron chi connectivity index (χ4n) is 1.40. The van der Waals surface area contributed by atoms with E-state index in [-0.39, 0.29) is 11.3 Å². The summed E-state index contributed by atoms with van der Waals surface area (Å²) in [4.78, 5) is 12.0. The van der Waals surface area contributed by atoms with E-state index >= 15 is 0 Å². The minimum absolute atomic E-state index is 0.0342. The molecule has 1 aromatic rings. The number of rotatable bonds is 3. The maximum atomic E-state index is 12.0. The first kappa shape index (κ1) is 13.4. The zero-order chi connectivity index (χ0) is 13.1. The van der Waals surface area contributed by atoms with Crippen LogP contribution in [0.25, 0.3) is 0 Å². The first-order valence-corrected chi connectivity index (χ1v) is 5.56. The number of hydrogen-bond donors (Lipinski definition) is 2. The summed E-state index contributed by atoms with van der Waals surface area (Å²) in [7, 11) is 1.52. The highest BCUT2D eigenvalue weighted by molar-refractivity contribution is 6.01. The number of carbonyl (C=O) groups is 1. The van der Waals surface area contributed by atoms with Crippen molar-refractivity contribution in [1.82, 2.24) is 5.32 Å². The third kappa shape index (κ3) is 3.66. The summed E-state index contributed by atoms with van der Waals surface area (Å²) in [6.45, 7) is 6.75. The van der Waals surface area contributed by atoms with Gasteiger partial charge in [0, 0.05) is 12.2 Å². The Morgan fingerprint density at radius 2 is 2.06 bits per heavy atom. The number of methoxy groups -OCH3 is 1. The van der Waals surface area contributed by atoms with E-state index < -0.39 is 0 Å². The number of amides is 1. The van der Waals surface area contributed by atoms with Crippen LogP contribution in [-0.2, 0) is 0 Å². The second-order valence-electron chi connectivity index (χ2n) is 5.17. The van der Waals surface area contributed by atoms with E-state index in [0.29, 0.717) is 23.5 Å². The van der Waals surface area contributed by atoms with Crippen LogP contribution in [0.4, 0.5) is 5.69 Å². The number of anilines is 1. The summed E-state index contributed by atoms with van der Waals surface area (Å²) in [6.07, 6.45) is 0. The van der Waals surface area contributed by atoms with Crippen LogP contribution in [0.5, 0.6) is 5.75 Å². The van der Waals surface area contributed by atoms with Gasteiger partial charge in [-0.05, 0) is 17.5 Å². The van der Waals surface area contributed by atoms with E-state index in [1.807, 2.05) is 0 Å². The Balaban J connectivity index is 2.89. The van der Waals surface area contributed by atoms with Gasteiger partial charge in [-0.2, -0.15) is 0 Å². The highest BCUT2D eigenvalue weighted by Gasteiger charge is 2.18. The number of ether oxygens (including phenoxy) is 1. The maximum absolute atomic E-state index is 12.0. The Hall–Kier alpha value is -1.71. The van der Waals surface area contributed by atoms with Crippen LogP contribution in [0.15, 0.2) is 18.2 Å². The second kappa shape index (κ2) is 5.08. The zero-order valence-corrected chi connectivity index (χ0v) is 10.8. The van der Waals surface area contributed by atoms with Gasteiger partial charge in [-0.25, -0.2) is 0 Å². The molecule has 0 aliphatic rings. The Morgan fingerprint density at radius 1 is 1.41 bits per heavy atom. The van der Waals surface area contributed by atoms with Gasteiger partial charge in [0.15, 0.2) is 0 Å². The predicted molar refractivity (Wildman–Crippen MR) is 69.2 cm³/mol. The fourth-order valence-corrected chi connectivity index (χ4v) is 1.40. The average molecular weight is 236 g/mol. The summed E-state index contributed by atoms with van der Waals surface area (Å²) < 4.78 is 5.14. The van der Waals surface area contributed by atoms with Gasteiger partial charge in [0.2, 0.25) is 0 Å². The molecule has 0 radical (unpaired) electrons. The summed E-state index contributed by atoms with van der Waals surface area (Å²) in [5.74, 6) is 0.297. The molecule has 0 atom stereocenters. The van der Waals surface area contributed by atoms with Crippen molar-refractivity contribution in [3.8, 4) is 5.75 Å². The molecule has 1 amide bonds. The molecular formula is C13H20N2O2. The topological polar surface area (TPSA) is 64.3 Å². The molecule has 1 aromatic carbocycles. The van der Waals surface area contributed by atoms with Gasteiger partial charge in [0.1, 0.15) is 11.3 Å². The lowest BCUT2D eigenvalue weighted by atomic mass is 9.97.